The van der Waals surface area contributed by atoms with E-state index in [1.165, 1.54) is 6.33 Å². The predicted octanol–water partition coefficient (Wildman–Crippen LogP) is 2.69. The number of pyridine rings is 2. The number of hydrogen-bond donors (Lipinski definition) is 3. The molecular weight excluding hydrogens is 420 g/mol. The van der Waals surface area contributed by atoms with Crippen LogP contribution in [0.15, 0.2) is 53.9 Å². The number of nitrogens with two attached hydrogens (primary N) is 2. The van der Waals surface area contributed by atoms with Crippen molar-refractivity contribution in [3.8, 4) is 11.1 Å². The van der Waals surface area contributed by atoms with Crippen LogP contribution in [0.2, 0.25) is 0 Å². The molecule has 1 saturated heterocycles. The summed E-state index contributed by atoms with van der Waals surface area (Å²) >= 11 is 0. The Morgan fingerprint density at radius 1 is 1.15 bits per heavy atom. The molecule has 33 heavy (non-hydrogen) atoms. The van der Waals surface area contributed by atoms with Gasteiger partial charge in [-0.3, -0.25) is 14.8 Å². The van der Waals surface area contributed by atoms with Gasteiger partial charge >= 0.3 is 0 Å². The summed E-state index contributed by atoms with van der Waals surface area (Å²) in [5.74, 6) is 0.0287. The average Bonchev–Trinajstić information content (AvgIpc) is 3.14. The summed E-state index contributed by atoms with van der Waals surface area (Å²) in [5.41, 5.74) is 16.3. The van der Waals surface area contributed by atoms with E-state index in [2.05, 4.69) is 37.1 Å². The van der Waals surface area contributed by atoms with Crippen molar-refractivity contribution in [1.29, 1.82) is 0 Å². The first-order valence-corrected chi connectivity index (χ1v) is 10.7. The maximum atomic E-state index is 13.2. The van der Waals surface area contributed by atoms with Gasteiger partial charge in [-0.2, -0.15) is 0 Å². The zero-order valence-corrected chi connectivity index (χ0v) is 18.1. The number of carbonyl (C=O) groups is 1. The minimum atomic E-state index is -0.418. The van der Waals surface area contributed by atoms with Crippen LogP contribution in [0.1, 0.15) is 23.7 Å². The Hall–Kier alpha value is -4.05. The molecule has 5 rings (SSSR count). The topological polar surface area (TPSA) is 149 Å². The number of nitrogens with one attached hydrogen (secondary N) is 1. The van der Waals surface area contributed by atoms with Crippen LogP contribution in [0, 0.1) is 5.92 Å². The fourth-order valence-corrected chi connectivity index (χ4v) is 4.36. The van der Waals surface area contributed by atoms with Gasteiger partial charge in [-0.05, 0) is 24.5 Å². The second kappa shape index (κ2) is 8.47. The summed E-state index contributed by atoms with van der Waals surface area (Å²) in [6.45, 7) is 3.73. The van der Waals surface area contributed by atoms with Crippen molar-refractivity contribution in [3.05, 3.63) is 55.0 Å². The Labute approximate surface area is 190 Å². The summed E-state index contributed by atoms with van der Waals surface area (Å²) in [5, 5.41) is 2.94. The van der Waals surface area contributed by atoms with Crippen LogP contribution in [-0.2, 0) is 0 Å². The number of piperidine rings is 1. The van der Waals surface area contributed by atoms with E-state index in [1.807, 2.05) is 6.07 Å². The lowest BCUT2D eigenvalue weighted by molar-refractivity contribution is 0.102. The van der Waals surface area contributed by atoms with Crippen LogP contribution in [-0.4, -0.2) is 45.0 Å². The van der Waals surface area contributed by atoms with E-state index in [1.54, 1.807) is 37.1 Å². The average molecular weight is 444 g/mol. The molecule has 168 valence electrons. The molecule has 0 aromatic carbocycles. The molecule has 10 heteroatoms. The van der Waals surface area contributed by atoms with Crippen LogP contribution in [0.4, 0.5) is 17.3 Å². The molecule has 1 aliphatic heterocycles. The fourth-order valence-electron chi connectivity index (χ4n) is 4.36. The van der Waals surface area contributed by atoms with E-state index in [4.69, 9.17) is 15.9 Å². The lowest BCUT2D eigenvalue weighted by Gasteiger charge is -2.37. The molecule has 4 aromatic rings. The van der Waals surface area contributed by atoms with Crippen molar-refractivity contribution in [2.75, 3.05) is 29.0 Å². The number of fused-ring (bicyclic) bond motifs is 1. The van der Waals surface area contributed by atoms with E-state index in [9.17, 15) is 4.79 Å². The van der Waals surface area contributed by atoms with Crippen LogP contribution < -0.4 is 21.7 Å². The Bertz CT molecular complexity index is 1300. The zero-order chi connectivity index (χ0) is 22.9. The van der Waals surface area contributed by atoms with E-state index in [0.717, 1.165) is 29.8 Å². The van der Waals surface area contributed by atoms with Crippen LogP contribution in [0.5, 0.6) is 0 Å². The van der Waals surface area contributed by atoms with Gasteiger partial charge in [-0.25, -0.2) is 9.97 Å². The van der Waals surface area contributed by atoms with Crippen molar-refractivity contribution in [2.45, 2.75) is 19.4 Å². The second-order valence-corrected chi connectivity index (χ2v) is 8.39. The summed E-state index contributed by atoms with van der Waals surface area (Å²) in [6, 6.07) is 3.72. The molecule has 1 aliphatic rings. The van der Waals surface area contributed by atoms with Gasteiger partial charge in [0.2, 0.25) is 5.88 Å². The molecule has 4 aromatic heterocycles. The molecule has 5 N–H and O–H groups in total. The van der Waals surface area contributed by atoms with E-state index in [-0.39, 0.29) is 17.5 Å². The summed E-state index contributed by atoms with van der Waals surface area (Å²) in [7, 11) is 0. The summed E-state index contributed by atoms with van der Waals surface area (Å²) < 4.78 is 5.67. The Morgan fingerprint density at radius 2 is 1.97 bits per heavy atom. The number of hydrogen-bond acceptors (Lipinski definition) is 9. The number of anilines is 3. The number of nitrogen functional groups attached to an aromatic ring is 1. The smallest absolute Gasteiger partial charge is 0.263 e. The highest BCUT2D eigenvalue weighted by Gasteiger charge is 2.26. The summed E-state index contributed by atoms with van der Waals surface area (Å²) in [4.78, 5) is 32.1. The van der Waals surface area contributed by atoms with E-state index >= 15 is 0 Å². The van der Waals surface area contributed by atoms with Crippen molar-refractivity contribution < 1.29 is 9.21 Å². The zero-order valence-electron chi connectivity index (χ0n) is 18.1. The highest BCUT2D eigenvalue weighted by Crippen LogP contribution is 2.33. The van der Waals surface area contributed by atoms with E-state index < -0.39 is 5.91 Å². The number of aromatic nitrogens is 4. The lowest BCUT2D eigenvalue weighted by atomic mass is 9.96. The normalized spacial score (nSPS) is 18.4. The molecule has 1 fully saturated rings. The molecule has 5 heterocycles. The van der Waals surface area contributed by atoms with Gasteiger partial charge in [0.05, 0.1) is 17.6 Å². The quantitative estimate of drug-likeness (QED) is 0.432. The highest BCUT2D eigenvalue weighted by atomic mass is 16.3. The molecule has 0 aliphatic carbocycles. The SMILES string of the molecule is C[C@@H]1C[C@H](N)CN(c2ccncc2NC(=O)c2c(N)oc3cc(-c4cncnc4)cnc23)C1. The Morgan fingerprint density at radius 3 is 2.76 bits per heavy atom. The maximum Gasteiger partial charge on any atom is 0.263 e. The third-order valence-electron chi connectivity index (χ3n) is 5.76. The number of carbonyl (C=O) groups excluding carboxylic acids is 1. The monoisotopic (exact) mass is 444 g/mol. The fraction of sp³-hybridized carbons (Fsp3) is 0.261. The van der Waals surface area contributed by atoms with Crippen molar-refractivity contribution >= 4 is 34.3 Å². The minimum Gasteiger partial charge on any atom is -0.438 e. The van der Waals surface area contributed by atoms with Gasteiger partial charge < -0.3 is 26.1 Å². The van der Waals surface area contributed by atoms with Crippen LogP contribution in [0.25, 0.3) is 22.2 Å². The van der Waals surface area contributed by atoms with Gasteiger partial charge in [-0.1, -0.05) is 6.92 Å². The third-order valence-corrected chi connectivity index (χ3v) is 5.76. The van der Waals surface area contributed by atoms with Gasteiger partial charge in [0, 0.05) is 55.0 Å². The van der Waals surface area contributed by atoms with Crippen molar-refractivity contribution in [1.82, 2.24) is 19.9 Å². The second-order valence-electron chi connectivity index (χ2n) is 8.39. The molecule has 2 atom stereocenters. The first-order chi connectivity index (χ1) is 16.0. The van der Waals surface area contributed by atoms with Gasteiger partial charge in [0.1, 0.15) is 17.4 Å². The van der Waals surface area contributed by atoms with Gasteiger partial charge in [0.15, 0.2) is 5.58 Å². The number of amides is 1. The molecule has 0 unspecified atom stereocenters. The molecule has 0 saturated carbocycles. The van der Waals surface area contributed by atoms with Crippen molar-refractivity contribution in [2.24, 2.45) is 11.7 Å². The highest BCUT2D eigenvalue weighted by molar-refractivity contribution is 6.15. The van der Waals surface area contributed by atoms with Crippen molar-refractivity contribution in [3.63, 3.8) is 0 Å². The molecular formula is C23H24N8O2. The molecule has 10 nitrogen and oxygen atoms in total. The minimum absolute atomic E-state index is 0.00415. The predicted molar refractivity (Wildman–Crippen MR) is 126 cm³/mol. The van der Waals surface area contributed by atoms with Gasteiger partial charge in [0.25, 0.3) is 5.91 Å². The first-order valence-electron chi connectivity index (χ1n) is 10.7. The largest absolute Gasteiger partial charge is 0.438 e. The molecule has 1 amide bonds. The van der Waals surface area contributed by atoms with Crippen LogP contribution >= 0.6 is 0 Å². The maximum absolute atomic E-state index is 13.2. The molecule has 0 radical (unpaired) electrons. The van der Waals surface area contributed by atoms with Gasteiger partial charge in [-0.15, -0.1) is 0 Å². The van der Waals surface area contributed by atoms with E-state index in [0.29, 0.717) is 29.2 Å². The standard InChI is InChI=1S/C23H24N8O2/c1-13-4-16(24)11-31(10-13)18-2-3-26-9-17(18)30-23(32)20-21-19(33-22(20)25)5-14(8-29-21)15-6-27-12-28-7-15/h2-3,5-9,12-13,16H,4,10-11,24-25H2,1H3,(H,30,32)/t13-,16+/m1/s1. The molecule has 0 spiro atoms. The Kier molecular flexibility index (Phi) is 5.35. The lowest BCUT2D eigenvalue weighted by Crippen LogP contribution is -2.46. The van der Waals surface area contributed by atoms with Crippen LogP contribution in [0.3, 0.4) is 0 Å². The number of nitrogens with zero attached hydrogens (tertiary/aromatic N) is 5. The first kappa shape index (κ1) is 20.8. The number of rotatable bonds is 4. The summed E-state index contributed by atoms with van der Waals surface area (Å²) in [6.07, 6.45) is 10.7. The number of furan rings is 1. The Balaban J connectivity index is 1.45. The molecule has 0 bridgehead atoms. The third kappa shape index (κ3) is 4.08.